The van der Waals surface area contributed by atoms with Crippen molar-refractivity contribution in [2.24, 2.45) is 0 Å². The summed E-state index contributed by atoms with van der Waals surface area (Å²) in [5.41, 5.74) is 8.20. The largest absolute Gasteiger partial charge is 0.455 e. The van der Waals surface area contributed by atoms with E-state index < -0.39 is 0 Å². The van der Waals surface area contributed by atoms with E-state index in [1.807, 2.05) is 48.5 Å². The van der Waals surface area contributed by atoms with Gasteiger partial charge < -0.3 is 8.83 Å². The SMILES string of the molecule is c1ccc(-c2cc3c4cc(-c5nc(-c6cccc7ccccc67)nc(-c6cccc7c6oc6ccccc67)n5)ccc4oc3c3ccccc23)cc1. The van der Waals surface area contributed by atoms with Crippen molar-refractivity contribution >= 4 is 65.4 Å². The first-order chi connectivity index (χ1) is 25.8. The first kappa shape index (κ1) is 28.7. The number of rotatable bonds is 4. The van der Waals surface area contributed by atoms with Gasteiger partial charge in [0.05, 0.1) is 5.56 Å². The number of fused-ring (bicyclic) bond motifs is 9. The molecule has 3 aromatic heterocycles. The van der Waals surface area contributed by atoms with Gasteiger partial charge in [0.2, 0.25) is 0 Å². The summed E-state index contributed by atoms with van der Waals surface area (Å²) in [6, 6.07) is 56.3. The van der Waals surface area contributed by atoms with E-state index in [-0.39, 0.29) is 0 Å². The Kier molecular flexibility index (Phi) is 6.18. The fraction of sp³-hybridized carbons (Fsp3) is 0. The third-order valence-corrected chi connectivity index (χ3v) is 10.1. The molecule has 5 nitrogen and oxygen atoms in total. The Balaban J connectivity index is 1.17. The molecule has 0 unspecified atom stereocenters. The van der Waals surface area contributed by atoms with Gasteiger partial charge in [-0.05, 0) is 63.7 Å². The van der Waals surface area contributed by atoms with Gasteiger partial charge >= 0.3 is 0 Å². The third-order valence-electron chi connectivity index (χ3n) is 10.1. The predicted octanol–water partition coefficient (Wildman–Crippen LogP) is 12.6. The fourth-order valence-electron chi connectivity index (χ4n) is 7.68. The molecular formula is C47H27N3O2. The first-order valence-electron chi connectivity index (χ1n) is 17.4. The molecule has 0 bridgehead atoms. The second-order valence-corrected chi connectivity index (χ2v) is 13.1. The van der Waals surface area contributed by atoms with Crippen LogP contribution in [0.25, 0.3) is 111 Å². The number of benzene rings is 8. The van der Waals surface area contributed by atoms with Crippen LogP contribution in [0.15, 0.2) is 173 Å². The van der Waals surface area contributed by atoms with Gasteiger partial charge in [-0.1, -0.05) is 127 Å². The van der Waals surface area contributed by atoms with Crippen LogP contribution in [0, 0.1) is 0 Å². The summed E-state index contributed by atoms with van der Waals surface area (Å²) in [5, 5.41) is 8.56. The van der Waals surface area contributed by atoms with Crippen molar-refractivity contribution in [3.63, 3.8) is 0 Å². The van der Waals surface area contributed by atoms with E-state index >= 15 is 0 Å². The minimum atomic E-state index is 0.548. The number of nitrogens with zero attached hydrogens (tertiary/aromatic N) is 3. The topological polar surface area (TPSA) is 65.0 Å². The molecule has 0 amide bonds. The van der Waals surface area contributed by atoms with Crippen molar-refractivity contribution in [3.8, 4) is 45.3 Å². The van der Waals surface area contributed by atoms with E-state index in [2.05, 4.69) is 115 Å². The Hall–Kier alpha value is -7.11. The second kappa shape index (κ2) is 11.2. The maximum Gasteiger partial charge on any atom is 0.167 e. The molecule has 0 fully saturated rings. The van der Waals surface area contributed by atoms with Crippen LogP contribution in [-0.4, -0.2) is 15.0 Å². The minimum absolute atomic E-state index is 0.548. The molecule has 0 spiro atoms. The molecule has 242 valence electrons. The second-order valence-electron chi connectivity index (χ2n) is 13.1. The zero-order valence-electron chi connectivity index (χ0n) is 27.7. The fourth-order valence-corrected chi connectivity index (χ4v) is 7.68. The van der Waals surface area contributed by atoms with Crippen LogP contribution in [0.3, 0.4) is 0 Å². The summed E-state index contributed by atoms with van der Waals surface area (Å²) >= 11 is 0. The van der Waals surface area contributed by atoms with Crippen molar-refractivity contribution < 1.29 is 8.83 Å². The Labute approximate surface area is 297 Å². The highest BCUT2D eigenvalue weighted by Gasteiger charge is 2.20. The van der Waals surface area contributed by atoms with E-state index in [1.54, 1.807) is 0 Å². The molecule has 0 saturated heterocycles. The normalized spacial score (nSPS) is 11.8. The number of hydrogen-bond donors (Lipinski definition) is 0. The smallest absolute Gasteiger partial charge is 0.167 e. The van der Waals surface area contributed by atoms with E-state index in [0.717, 1.165) is 93.2 Å². The zero-order chi connectivity index (χ0) is 34.2. The molecule has 11 aromatic rings. The van der Waals surface area contributed by atoms with E-state index in [0.29, 0.717) is 17.5 Å². The molecule has 8 aromatic carbocycles. The zero-order valence-corrected chi connectivity index (χ0v) is 27.7. The van der Waals surface area contributed by atoms with Crippen LogP contribution in [0.5, 0.6) is 0 Å². The number of aromatic nitrogens is 3. The van der Waals surface area contributed by atoms with Crippen LogP contribution in [-0.2, 0) is 0 Å². The molecular weight excluding hydrogens is 639 g/mol. The van der Waals surface area contributed by atoms with Gasteiger partial charge in [0.15, 0.2) is 17.5 Å². The molecule has 11 rings (SSSR count). The Morgan fingerprint density at radius 2 is 0.904 bits per heavy atom. The highest BCUT2D eigenvalue weighted by Crippen LogP contribution is 2.41. The summed E-state index contributed by atoms with van der Waals surface area (Å²) in [7, 11) is 0. The van der Waals surface area contributed by atoms with Crippen molar-refractivity contribution in [1.82, 2.24) is 15.0 Å². The summed E-state index contributed by atoms with van der Waals surface area (Å²) in [4.78, 5) is 15.5. The minimum Gasteiger partial charge on any atom is -0.455 e. The maximum atomic E-state index is 6.59. The van der Waals surface area contributed by atoms with E-state index in [1.165, 1.54) is 0 Å². The number of furan rings is 2. The molecule has 0 radical (unpaired) electrons. The van der Waals surface area contributed by atoms with Gasteiger partial charge in [0.1, 0.15) is 22.3 Å². The Morgan fingerprint density at radius 3 is 1.79 bits per heavy atom. The Morgan fingerprint density at radius 1 is 0.308 bits per heavy atom. The lowest BCUT2D eigenvalue weighted by Crippen LogP contribution is -2.00. The molecule has 5 heteroatoms. The van der Waals surface area contributed by atoms with Crippen LogP contribution >= 0.6 is 0 Å². The quantitative estimate of drug-likeness (QED) is 0.187. The molecule has 0 aliphatic rings. The molecule has 0 atom stereocenters. The highest BCUT2D eigenvalue weighted by atomic mass is 16.3. The molecule has 52 heavy (non-hydrogen) atoms. The van der Waals surface area contributed by atoms with Gasteiger partial charge in [-0.25, -0.2) is 15.0 Å². The van der Waals surface area contributed by atoms with E-state index in [9.17, 15) is 0 Å². The van der Waals surface area contributed by atoms with Gasteiger partial charge in [0.25, 0.3) is 0 Å². The van der Waals surface area contributed by atoms with Crippen molar-refractivity contribution in [2.45, 2.75) is 0 Å². The molecule has 0 N–H and O–H groups in total. The lowest BCUT2D eigenvalue weighted by atomic mass is 9.95. The molecule has 0 aliphatic heterocycles. The molecule has 3 heterocycles. The summed E-state index contributed by atoms with van der Waals surface area (Å²) < 4.78 is 13.1. The summed E-state index contributed by atoms with van der Waals surface area (Å²) in [6.45, 7) is 0. The summed E-state index contributed by atoms with van der Waals surface area (Å²) in [5.74, 6) is 1.72. The van der Waals surface area contributed by atoms with Crippen LogP contribution in [0.1, 0.15) is 0 Å². The van der Waals surface area contributed by atoms with Crippen LogP contribution in [0.4, 0.5) is 0 Å². The number of para-hydroxylation sites is 2. The third kappa shape index (κ3) is 4.39. The van der Waals surface area contributed by atoms with Crippen LogP contribution < -0.4 is 0 Å². The first-order valence-corrected chi connectivity index (χ1v) is 17.4. The number of hydrogen-bond acceptors (Lipinski definition) is 5. The van der Waals surface area contributed by atoms with Gasteiger partial charge in [-0.3, -0.25) is 0 Å². The Bertz CT molecular complexity index is 3190. The van der Waals surface area contributed by atoms with Gasteiger partial charge in [0, 0.05) is 38.1 Å². The lowest BCUT2D eigenvalue weighted by molar-refractivity contribution is 0.669. The van der Waals surface area contributed by atoms with Crippen molar-refractivity contribution in [1.29, 1.82) is 0 Å². The highest BCUT2D eigenvalue weighted by molar-refractivity contribution is 6.19. The standard InChI is InChI=1S/C47H27N3O2/c1-2-12-29(13-3-1)38-27-40-39-26-30(24-25-42(39)52-44(40)34-19-7-6-17-32(34)38)45-48-46(36-21-10-15-28-14-4-5-16-31(28)36)50-47(49-45)37-22-11-20-35-33-18-8-9-23-41(33)51-43(35)37/h1-27H. The predicted molar refractivity (Wildman–Crippen MR) is 211 cm³/mol. The molecule has 0 aliphatic carbocycles. The van der Waals surface area contributed by atoms with E-state index in [4.69, 9.17) is 23.8 Å². The van der Waals surface area contributed by atoms with Gasteiger partial charge in [-0.2, -0.15) is 0 Å². The van der Waals surface area contributed by atoms with Gasteiger partial charge in [-0.15, -0.1) is 0 Å². The monoisotopic (exact) mass is 665 g/mol. The van der Waals surface area contributed by atoms with Crippen molar-refractivity contribution in [3.05, 3.63) is 164 Å². The van der Waals surface area contributed by atoms with Crippen molar-refractivity contribution in [2.75, 3.05) is 0 Å². The average molecular weight is 666 g/mol. The molecule has 0 saturated carbocycles. The lowest BCUT2D eigenvalue weighted by Gasteiger charge is -2.11. The summed E-state index contributed by atoms with van der Waals surface area (Å²) in [6.07, 6.45) is 0. The van der Waals surface area contributed by atoms with Crippen LogP contribution in [0.2, 0.25) is 0 Å². The average Bonchev–Trinajstić information content (AvgIpc) is 3.79. The maximum absolute atomic E-state index is 6.59.